The number of anilines is 1. The molecule has 0 spiro atoms. The van der Waals surface area contributed by atoms with Gasteiger partial charge in [-0.25, -0.2) is 4.98 Å². The summed E-state index contributed by atoms with van der Waals surface area (Å²) in [6.07, 6.45) is 3.04. The Morgan fingerprint density at radius 3 is 2.33 bits per heavy atom. The number of piperidine rings is 1. The van der Waals surface area contributed by atoms with E-state index in [2.05, 4.69) is 25.0 Å². The quantitative estimate of drug-likeness (QED) is 0.462. The fraction of sp³-hybridized carbons (Fsp3) is 0.455. The van der Waals surface area contributed by atoms with Crippen molar-refractivity contribution in [2.45, 2.75) is 19.3 Å². The zero-order valence-corrected chi connectivity index (χ0v) is 11.7. The standard InChI is InChI=1S/C11H10ClN9/c12-8-9(21-4-2-1-3-5-21)7(6-13)10(17-19-14)16-11(8)18-20-15/h1-5H2. The second kappa shape index (κ2) is 6.68. The molecule has 0 saturated carbocycles. The highest BCUT2D eigenvalue weighted by atomic mass is 35.5. The second-order valence-corrected chi connectivity index (χ2v) is 4.71. The van der Waals surface area contributed by atoms with Crippen LogP contribution in [0.2, 0.25) is 5.02 Å². The lowest BCUT2D eigenvalue weighted by Crippen LogP contribution is -2.30. The van der Waals surface area contributed by atoms with E-state index < -0.39 is 0 Å². The van der Waals surface area contributed by atoms with Crippen LogP contribution in [0, 0.1) is 11.3 Å². The van der Waals surface area contributed by atoms with Crippen LogP contribution in [0.5, 0.6) is 0 Å². The second-order valence-electron chi connectivity index (χ2n) is 4.34. The van der Waals surface area contributed by atoms with Gasteiger partial charge in [0.1, 0.15) is 23.3 Å². The van der Waals surface area contributed by atoms with Crippen LogP contribution in [0.3, 0.4) is 0 Å². The molecule has 0 aliphatic carbocycles. The minimum absolute atomic E-state index is 0.0941. The molecule has 0 radical (unpaired) electrons. The number of azide groups is 2. The highest BCUT2D eigenvalue weighted by molar-refractivity contribution is 6.35. The maximum atomic E-state index is 9.34. The van der Waals surface area contributed by atoms with Crippen molar-refractivity contribution >= 4 is 28.9 Å². The summed E-state index contributed by atoms with van der Waals surface area (Å²) < 4.78 is 0. The molecular weight excluding hydrogens is 294 g/mol. The Balaban J connectivity index is 2.71. The van der Waals surface area contributed by atoms with Crippen LogP contribution in [0.1, 0.15) is 24.8 Å². The fourth-order valence-corrected chi connectivity index (χ4v) is 2.56. The molecular formula is C11H10ClN9. The summed E-state index contributed by atoms with van der Waals surface area (Å²) in [7, 11) is 0. The van der Waals surface area contributed by atoms with Crippen LogP contribution in [0.15, 0.2) is 10.2 Å². The monoisotopic (exact) mass is 303 g/mol. The predicted octanol–water partition coefficient (Wildman–Crippen LogP) is 4.48. The molecule has 21 heavy (non-hydrogen) atoms. The minimum atomic E-state index is -0.132. The van der Waals surface area contributed by atoms with E-state index in [0.29, 0.717) is 5.69 Å². The van der Waals surface area contributed by atoms with E-state index in [4.69, 9.17) is 22.7 Å². The van der Waals surface area contributed by atoms with Crippen molar-refractivity contribution in [3.8, 4) is 6.07 Å². The average Bonchev–Trinajstić information content (AvgIpc) is 2.51. The van der Waals surface area contributed by atoms with Gasteiger partial charge in [-0.05, 0) is 40.6 Å². The molecule has 2 heterocycles. The first kappa shape index (κ1) is 14.8. The molecule has 1 fully saturated rings. The summed E-state index contributed by atoms with van der Waals surface area (Å²) in [5, 5.41) is 16.2. The van der Waals surface area contributed by atoms with Gasteiger partial charge in [0, 0.05) is 22.9 Å². The highest BCUT2D eigenvalue weighted by Crippen LogP contribution is 2.41. The number of hydrogen-bond acceptors (Lipinski definition) is 5. The summed E-state index contributed by atoms with van der Waals surface area (Å²) in [4.78, 5) is 11.1. The van der Waals surface area contributed by atoms with Crippen molar-refractivity contribution in [1.82, 2.24) is 4.98 Å². The number of nitrogens with zero attached hydrogens (tertiary/aromatic N) is 9. The number of nitriles is 1. The van der Waals surface area contributed by atoms with Gasteiger partial charge in [-0.15, -0.1) is 0 Å². The van der Waals surface area contributed by atoms with Gasteiger partial charge in [-0.3, -0.25) is 0 Å². The van der Waals surface area contributed by atoms with E-state index in [1.807, 2.05) is 11.0 Å². The van der Waals surface area contributed by atoms with E-state index in [0.717, 1.165) is 32.4 Å². The van der Waals surface area contributed by atoms with E-state index in [-0.39, 0.29) is 22.2 Å². The number of aromatic nitrogens is 1. The first-order valence-electron chi connectivity index (χ1n) is 6.21. The molecule has 1 saturated heterocycles. The third-order valence-corrected chi connectivity index (χ3v) is 3.49. The van der Waals surface area contributed by atoms with Gasteiger partial charge < -0.3 is 4.90 Å². The van der Waals surface area contributed by atoms with Crippen LogP contribution in [0.4, 0.5) is 17.3 Å². The molecule has 1 aromatic heterocycles. The van der Waals surface area contributed by atoms with Crippen LogP contribution < -0.4 is 4.90 Å². The summed E-state index contributed by atoms with van der Waals surface area (Å²) in [5.74, 6) is -0.228. The Bertz CT molecular complexity index is 689. The van der Waals surface area contributed by atoms with Crippen LogP contribution in [-0.2, 0) is 0 Å². The molecule has 0 atom stereocenters. The van der Waals surface area contributed by atoms with Gasteiger partial charge in [-0.2, -0.15) is 5.26 Å². The first-order chi connectivity index (χ1) is 10.2. The SMILES string of the molecule is N#Cc1c(N=[N+]=[N-])nc(N=[N+]=[N-])c(Cl)c1N1CCCCC1. The van der Waals surface area contributed by atoms with Gasteiger partial charge in [0.05, 0.1) is 10.7 Å². The average molecular weight is 304 g/mol. The zero-order chi connectivity index (χ0) is 15.2. The zero-order valence-electron chi connectivity index (χ0n) is 10.9. The Morgan fingerprint density at radius 2 is 1.76 bits per heavy atom. The molecule has 0 aromatic carbocycles. The third-order valence-electron chi connectivity index (χ3n) is 3.14. The number of rotatable bonds is 3. The summed E-state index contributed by atoms with van der Waals surface area (Å²) >= 11 is 6.22. The van der Waals surface area contributed by atoms with Gasteiger partial charge in [0.25, 0.3) is 0 Å². The topological polar surface area (TPSA) is 137 Å². The smallest absolute Gasteiger partial charge is 0.148 e. The first-order valence-corrected chi connectivity index (χ1v) is 6.59. The molecule has 1 aliphatic heterocycles. The van der Waals surface area contributed by atoms with Gasteiger partial charge in [0.2, 0.25) is 0 Å². The lowest BCUT2D eigenvalue weighted by molar-refractivity contribution is 0.577. The molecule has 0 amide bonds. The minimum Gasteiger partial charge on any atom is -0.369 e. The third kappa shape index (κ3) is 2.93. The lowest BCUT2D eigenvalue weighted by atomic mass is 10.1. The van der Waals surface area contributed by atoms with E-state index >= 15 is 0 Å². The maximum Gasteiger partial charge on any atom is 0.148 e. The number of halogens is 1. The Labute approximate surface area is 125 Å². The molecule has 1 aliphatic rings. The molecule has 2 rings (SSSR count). The molecule has 1 aromatic rings. The summed E-state index contributed by atoms with van der Waals surface area (Å²) in [5.41, 5.74) is 17.7. The van der Waals surface area contributed by atoms with Crippen LogP contribution >= 0.6 is 11.6 Å². The molecule has 9 nitrogen and oxygen atoms in total. The van der Waals surface area contributed by atoms with Crippen molar-refractivity contribution in [1.29, 1.82) is 5.26 Å². The molecule has 0 unspecified atom stereocenters. The Hall–Kier alpha value is -2.65. The predicted molar refractivity (Wildman–Crippen MR) is 77.6 cm³/mol. The van der Waals surface area contributed by atoms with Crippen LogP contribution in [-0.4, -0.2) is 18.1 Å². The molecule has 106 valence electrons. The largest absolute Gasteiger partial charge is 0.369 e. The molecule has 10 heteroatoms. The normalized spacial score (nSPS) is 13.8. The molecule has 0 N–H and O–H groups in total. The van der Waals surface area contributed by atoms with E-state index in [9.17, 15) is 5.26 Å². The fourth-order valence-electron chi connectivity index (χ4n) is 2.27. The van der Waals surface area contributed by atoms with Gasteiger partial charge in [-0.1, -0.05) is 11.6 Å². The van der Waals surface area contributed by atoms with Crippen molar-refractivity contribution in [2.75, 3.05) is 18.0 Å². The summed E-state index contributed by atoms with van der Waals surface area (Å²) in [6.45, 7) is 1.45. The Morgan fingerprint density at radius 1 is 1.14 bits per heavy atom. The van der Waals surface area contributed by atoms with Crippen molar-refractivity contribution < 1.29 is 0 Å². The van der Waals surface area contributed by atoms with E-state index in [1.165, 1.54) is 0 Å². The number of pyridine rings is 1. The molecule has 0 bridgehead atoms. The maximum absolute atomic E-state index is 9.34. The van der Waals surface area contributed by atoms with Gasteiger partial charge >= 0.3 is 0 Å². The Kier molecular flexibility index (Phi) is 4.69. The van der Waals surface area contributed by atoms with Crippen molar-refractivity contribution in [3.63, 3.8) is 0 Å². The highest BCUT2D eigenvalue weighted by Gasteiger charge is 2.23. The van der Waals surface area contributed by atoms with Crippen LogP contribution in [0.25, 0.3) is 20.9 Å². The van der Waals surface area contributed by atoms with E-state index in [1.54, 1.807) is 0 Å². The lowest BCUT2D eigenvalue weighted by Gasteiger charge is -2.30. The van der Waals surface area contributed by atoms with Gasteiger partial charge in [0.15, 0.2) is 0 Å². The van der Waals surface area contributed by atoms with Crippen molar-refractivity contribution in [2.24, 2.45) is 10.2 Å². The number of hydrogen-bond donors (Lipinski definition) is 0. The summed E-state index contributed by atoms with van der Waals surface area (Å²) in [6, 6.07) is 1.97. The van der Waals surface area contributed by atoms with Crippen molar-refractivity contribution in [3.05, 3.63) is 31.5 Å².